The molecule has 138 valence electrons. The number of hydrogen-bond acceptors (Lipinski definition) is 1. The van der Waals surface area contributed by atoms with Gasteiger partial charge in [0.15, 0.2) is 0 Å². The summed E-state index contributed by atoms with van der Waals surface area (Å²) in [5, 5.41) is 8.64. The van der Waals surface area contributed by atoms with E-state index < -0.39 is 5.97 Å². The molecule has 1 rings (SSSR count). The molecule has 2 heteroatoms. The van der Waals surface area contributed by atoms with Crippen LogP contribution in [0.1, 0.15) is 76.7 Å². The standard InChI is InChI=1S/C23H34O2/c1-2-3-4-5-6-9-14-21(17-12-8-13-18-23(24)25)19-20-22-15-10-7-11-16-22/h7,10-11,13,15-16,18-21H,2-6,8-9,12,14,17H2,1H3,(H,24,25). The quantitative estimate of drug-likeness (QED) is 0.295. The molecular weight excluding hydrogens is 308 g/mol. The fourth-order valence-electron chi connectivity index (χ4n) is 3.02. The SMILES string of the molecule is CCCCCCCCC(C=Cc1ccccc1)CCCC=CC(=O)O. The first-order chi connectivity index (χ1) is 12.2. The van der Waals surface area contributed by atoms with Gasteiger partial charge in [-0.05, 0) is 37.2 Å². The molecule has 1 N–H and O–H groups in total. The summed E-state index contributed by atoms with van der Waals surface area (Å²) in [5.74, 6) is -0.266. The van der Waals surface area contributed by atoms with E-state index in [4.69, 9.17) is 5.11 Å². The summed E-state index contributed by atoms with van der Waals surface area (Å²) in [6.07, 6.45) is 19.8. The second kappa shape index (κ2) is 14.5. The van der Waals surface area contributed by atoms with Crippen molar-refractivity contribution in [3.05, 3.63) is 54.1 Å². The molecular formula is C23H34O2. The number of allylic oxidation sites excluding steroid dienone is 2. The summed E-state index contributed by atoms with van der Waals surface area (Å²) < 4.78 is 0. The minimum absolute atomic E-state index is 0.588. The van der Waals surface area contributed by atoms with E-state index >= 15 is 0 Å². The number of aliphatic carboxylic acids is 1. The van der Waals surface area contributed by atoms with Gasteiger partial charge >= 0.3 is 5.97 Å². The molecule has 0 aromatic heterocycles. The average molecular weight is 343 g/mol. The summed E-state index contributed by atoms with van der Waals surface area (Å²) in [5.41, 5.74) is 1.25. The fourth-order valence-corrected chi connectivity index (χ4v) is 3.02. The maximum Gasteiger partial charge on any atom is 0.327 e. The molecule has 0 aliphatic heterocycles. The molecule has 0 aliphatic carbocycles. The van der Waals surface area contributed by atoms with Crippen molar-refractivity contribution in [2.75, 3.05) is 0 Å². The Bertz CT molecular complexity index is 502. The van der Waals surface area contributed by atoms with Crippen molar-refractivity contribution >= 4 is 12.0 Å². The van der Waals surface area contributed by atoms with Gasteiger partial charge in [-0.25, -0.2) is 4.79 Å². The van der Waals surface area contributed by atoms with Crippen molar-refractivity contribution in [2.24, 2.45) is 5.92 Å². The zero-order valence-electron chi connectivity index (χ0n) is 15.7. The van der Waals surface area contributed by atoms with Crippen molar-refractivity contribution in [3.63, 3.8) is 0 Å². The molecule has 2 nitrogen and oxygen atoms in total. The van der Waals surface area contributed by atoms with E-state index in [1.807, 2.05) is 6.07 Å². The summed E-state index contributed by atoms with van der Waals surface area (Å²) in [7, 11) is 0. The lowest BCUT2D eigenvalue weighted by Crippen LogP contribution is -1.97. The summed E-state index contributed by atoms with van der Waals surface area (Å²) in [6.45, 7) is 2.25. The first-order valence-electron chi connectivity index (χ1n) is 9.85. The minimum atomic E-state index is -0.854. The van der Waals surface area contributed by atoms with Crippen molar-refractivity contribution in [3.8, 4) is 0 Å². The Morgan fingerprint density at radius 3 is 2.40 bits per heavy atom. The van der Waals surface area contributed by atoms with Crippen LogP contribution in [0.4, 0.5) is 0 Å². The third-order valence-electron chi connectivity index (χ3n) is 4.50. The van der Waals surface area contributed by atoms with Crippen LogP contribution in [0.25, 0.3) is 6.08 Å². The van der Waals surface area contributed by atoms with Crippen LogP contribution in [0.5, 0.6) is 0 Å². The number of carboxylic acids is 1. The van der Waals surface area contributed by atoms with Gasteiger partial charge in [-0.2, -0.15) is 0 Å². The van der Waals surface area contributed by atoms with Gasteiger partial charge in [0, 0.05) is 6.08 Å². The Balaban J connectivity index is 2.40. The average Bonchev–Trinajstić information content (AvgIpc) is 2.62. The first-order valence-corrected chi connectivity index (χ1v) is 9.85. The lowest BCUT2D eigenvalue weighted by atomic mass is 9.93. The molecule has 0 amide bonds. The summed E-state index contributed by atoms with van der Waals surface area (Å²) in [4.78, 5) is 10.5. The Hall–Kier alpha value is -1.83. The Kier molecular flexibility index (Phi) is 12.3. The van der Waals surface area contributed by atoms with Gasteiger partial charge in [-0.3, -0.25) is 0 Å². The Morgan fingerprint density at radius 1 is 1.00 bits per heavy atom. The van der Waals surface area contributed by atoms with Crippen molar-refractivity contribution in [1.29, 1.82) is 0 Å². The minimum Gasteiger partial charge on any atom is -0.478 e. The zero-order chi connectivity index (χ0) is 18.2. The maximum atomic E-state index is 10.5. The molecule has 1 unspecified atom stereocenters. The van der Waals surface area contributed by atoms with Crippen LogP contribution in [0, 0.1) is 5.92 Å². The van der Waals surface area contributed by atoms with Crippen LogP contribution in [0.15, 0.2) is 48.6 Å². The normalized spacial score (nSPS) is 12.8. The molecule has 1 aromatic carbocycles. The lowest BCUT2D eigenvalue weighted by Gasteiger charge is -2.12. The van der Waals surface area contributed by atoms with E-state index in [9.17, 15) is 4.79 Å². The molecule has 0 radical (unpaired) electrons. The second-order valence-corrected chi connectivity index (χ2v) is 6.76. The van der Waals surface area contributed by atoms with Gasteiger partial charge in [0.05, 0.1) is 0 Å². The predicted molar refractivity (Wildman–Crippen MR) is 108 cm³/mol. The van der Waals surface area contributed by atoms with Gasteiger partial charge in [0.1, 0.15) is 0 Å². The van der Waals surface area contributed by atoms with E-state index in [1.54, 1.807) is 6.08 Å². The maximum absolute atomic E-state index is 10.5. The van der Waals surface area contributed by atoms with Crippen molar-refractivity contribution in [1.82, 2.24) is 0 Å². The number of carbonyl (C=O) groups is 1. The van der Waals surface area contributed by atoms with E-state index in [1.165, 1.54) is 56.6 Å². The molecule has 0 fully saturated rings. The van der Waals surface area contributed by atoms with Gasteiger partial charge < -0.3 is 5.11 Å². The molecule has 0 aliphatic rings. The third kappa shape index (κ3) is 12.2. The van der Waals surface area contributed by atoms with Gasteiger partial charge in [-0.15, -0.1) is 0 Å². The predicted octanol–water partition coefficient (Wildman–Crippen LogP) is 6.88. The highest BCUT2D eigenvalue weighted by Crippen LogP contribution is 2.20. The molecule has 1 aromatic rings. The summed E-state index contributed by atoms with van der Waals surface area (Å²) in [6, 6.07) is 10.4. The first kappa shape index (κ1) is 21.2. The second-order valence-electron chi connectivity index (χ2n) is 6.76. The van der Waals surface area contributed by atoms with Crippen LogP contribution in [0.2, 0.25) is 0 Å². The molecule has 0 saturated carbocycles. The highest BCUT2D eigenvalue weighted by atomic mass is 16.4. The van der Waals surface area contributed by atoms with Crippen LogP contribution in [-0.2, 0) is 4.79 Å². The van der Waals surface area contributed by atoms with Crippen LogP contribution in [-0.4, -0.2) is 11.1 Å². The van der Waals surface area contributed by atoms with Crippen LogP contribution >= 0.6 is 0 Å². The van der Waals surface area contributed by atoms with E-state index in [0.717, 1.165) is 19.3 Å². The van der Waals surface area contributed by atoms with E-state index in [0.29, 0.717) is 5.92 Å². The number of benzene rings is 1. The zero-order valence-corrected chi connectivity index (χ0v) is 15.7. The summed E-state index contributed by atoms with van der Waals surface area (Å²) >= 11 is 0. The number of rotatable bonds is 14. The smallest absolute Gasteiger partial charge is 0.327 e. The Labute approximate surface area is 153 Å². The monoisotopic (exact) mass is 342 g/mol. The molecule has 1 atom stereocenters. The lowest BCUT2D eigenvalue weighted by molar-refractivity contribution is -0.131. The van der Waals surface area contributed by atoms with Crippen molar-refractivity contribution in [2.45, 2.75) is 71.1 Å². The number of unbranched alkanes of at least 4 members (excludes halogenated alkanes) is 6. The van der Waals surface area contributed by atoms with E-state index in [-0.39, 0.29) is 0 Å². The van der Waals surface area contributed by atoms with Gasteiger partial charge in [-0.1, -0.05) is 94.0 Å². The molecule has 0 heterocycles. The number of hydrogen-bond donors (Lipinski definition) is 1. The van der Waals surface area contributed by atoms with Gasteiger partial charge in [0.2, 0.25) is 0 Å². The highest BCUT2D eigenvalue weighted by Gasteiger charge is 2.05. The van der Waals surface area contributed by atoms with Crippen LogP contribution in [0.3, 0.4) is 0 Å². The Morgan fingerprint density at radius 2 is 1.68 bits per heavy atom. The highest BCUT2D eigenvalue weighted by molar-refractivity contribution is 5.79. The fraction of sp³-hybridized carbons (Fsp3) is 0.522. The molecule has 25 heavy (non-hydrogen) atoms. The third-order valence-corrected chi connectivity index (χ3v) is 4.50. The molecule has 0 bridgehead atoms. The molecule has 0 saturated heterocycles. The topological polar surface area (TPSA) is 37.3 Å². The van der Waals surface area contributed by atoms with Gasteiger partial charge in [0.25, 0.3) is 0 Å². The number of carboxylic acid groups (broad SMARTS) is 1. The molecule has 0 spiro atoms. The van der Waals surface area contributed by atoms with E-state index in [2.05, 4.69) is 43.3 Å². The van der Waals surface area contributed by atoms with Crippen molar-refractivity contribution < 1.29 is 9.90 Å². The van der Waals surface area contributed by atoms with Crippen LogP contribution < -0.4 is 0 Å². The largest absolute Gasteiger partial charge is 0.478 e.